The summed E-state index contributed by atoms with van der Waals surface area (Å²) in [5.41, 5.74) is -0.385. The summed E-state index contributed by atoms with van der Waals surface area (Å²) in [4.78, 5) is 12.7. The number of carbonyl (C=O) groups is 1. The molecule has 0 heterocycles. The zero-order valence-corrected chi connectivity index (χ0v) is 14.9. The molecule has 2 rings (SSSR count). The minimum Gasteiger partial charge on any atom is -0.507 e. The van der Waals surface area contributed by atoms with Crippen LogP contribution in [0.15, 0.2) is 30.3 Å². The van der Waals surface area contributed by atoms with Crippen molar-refractivity contribution in [3.05, 3.63) is 64.0 Å². The van der Waals surface area contributed by atoms with E-state index in [4.69, 9.17) is 0 Å². The molecule has 0 aliphatic rings. The number of alkyl halides is 3. The van der Waals surface area contributed by atoms with Gasteiger partial charge < -0.3 is 5.11 Å². The van der Waals surface area contributed by atoms with Crippen molar-refractivity contribution in [1.29, 1.82) is 0 Å². The molecule has 0 amide bonds. The summed E-state index contributed by atoms with van der Waals surface area (Å²) >= 11 is 0. The van der Waals surface area contributed by atoms with Crippen LogP contribution in [-0.2, 0) is 6.18 Å². The average molecular weight is 368 g/mol. The fourth-order valence-electron chi connectivity index (χ4n) is 2.72. The molecule has 0 aliphatic heterocycles. The van der Waals surface area contributed by atoms with Gasteiger partial charge in [0.05, 0.1) is 11.1 Å². The summed E-state index contributed by atoms with van der Waals surface area (Å²) in [6.45, 7) is 7.36. The van der Waals surface area contributed by atoms with Crippen LogP contribution in [0.1, 0.15) is 72.1 Å². The first-order valence-corrected chi connectivity index (χ1v) is 8.21. The molecule has 2 nitrogen and oxygen atoms in total. The van der Waals surface area contributed by atoms with Gasteiger partial charge in [0.2, 0.25) is 0 Å². The van der Waals surface area contributed by atoms with Crippen molar-refractivity contribution in [2.75, 3.05) is 0 Å². The lowest BCUT2D eigenvalue weighted by molar-refractivity contribution is -0.137. The molecule has 0 bridgehead atoms. The van der Waals surface area contributed by atoms with E-state index in [1.807, 2.05) is 27.7 Å². The predicted octanol–water partition coefficient (Wildman–Crippen LogP) is 6.03. The number of aromatic hydroxyl groups is 1. The number of carbonyl (C=O) groups excluding carboxylic acids is 1. The first-order valence-electron chi connectivity index (χ1n) is 8.21. The Morgan fingerprint density at radius 2 is 1.46 bits per heavy atom. The Bertz CT molecular complexity index is 807. The third-order valence-electron chi connectivity index (χ3n) is 4.22. The monoisotopic (exact) mass is 368 g/mol. The summed E-state index contributed by atoms with van der Waals surface area (Å²) in [6, 6.07) is 4.78. The van der Waals surface area contributed by atoms with Crippen molar-refractivity contribution in [1.82, 2.24) is 0 Å². The lowest BCUT2D eigenvalue weighted by Gasteiger charge is -2.17. The predicted molar refractivity (Wildman–Crippen MR) is 91.1 cm³/mol. The van der Waals surface area contributed by atoms with E-state index in [9.17, 15) is 27.5 Å². The fourth-order valence-corrected chi connectivity index (χ4v) is 2.72. The molecule has 0 spiro atoms. The van der Waals surface area contributed by atoms with E-state index in [0.717, 1.165) is 6.07 Å². The van der Waals surface area contributed by atoms with Gasteiger partial charge in [-0.05, 0) is 53.3 Å². The number of phenolic OH excluding ortho intramolecular Hbond substituents is 1. The molecule has 2 aromatic rings. The molecule has 0 unspecified atom stereocenters. The van der Waals surface area contributed by atoms with Crippen LogP contribution in [0.2, 0.25) is 0 Å². The number of rotatable bonds is 4. The van der Waals surface area contributed by atoms with Crippen molar-refractivity contribution in [2.45, 2.75) is 45.7 Å². The van der Waals surface area contributed by atoms with E-state index >= 15 is 0 Å². The normalized spacial score (nSPS) is 12.1. The van der Waals surface area contributed by atoms with Gasteiger partial charge in [0.15, 0.2) is 5.78 Å². The van der Waals surface area contributed by atoms with Gasteiger partial charge in [0.1, 0.15) is 11.6 Å². The Kier molecular flexibility index (Phi) is 5.44. The smallest absolute Gasteiger partial charge is 0.416 e. The molecule has 6 heteroatoms. The topological polar surface area (TPSA) is 37.3 Å². The van der Waals surface area contributed by atoms with Crippen LogP contribution in [0.25, 0.3) is 0 Å². The van der Waals surface area contributed by atoms with Crippen LogP contribution in [0.3, 0.4) is 0 Å². The van der Waals surface area contributed by atoms with E-state index in [2.05, 4.69) is 0 Å². The Morgan fingerprint density at radius 1 is 0.962 bits per heavy atom. The van der Waals surface area contributed by atoms with Crippen molar-refractivity contribution in [3.8, 4) is 5.75 Å². The minimum absolute atomic E-state index is 0.0828. The third-order valence-corrected chi connectivity index (χ3v) is 4.22. The summed E-state index contributed by atoms with van der Waals surface area (Å²) in [7, 11) is 0. The number of hydrogen-bond donors (Lipinski definition) is 1. The van der Waals surface area contributed by atoms with E-state index < -0.39 is 28.9 Å². The van der Waals surface area contributed by atoms with E-state index in [0.29, 0.717) is 23.3 Å². The average Bonchev–Trinajstić information content (AvgIpc) is 2.52. The maximum absolute atomic E-state index is 14.1. The van der Waals surface area contributed by atoms with Gasteiger partial charge in [-0.2, -0.15) is 13.2 Å². The Labute approximate surface area is 149 Å². The molecule has 0 atom stereocenters. The molecular formula is C20H20F4O2. The first kappa shape index (κ1) is 19.9. The SMILES string of the molecule is CC(C)c1cc(C(=O)c2ccc(C(F)(F)F)cc2F)cc(C(C)C)c1O. The maximum Gasteiger partial charge on any atom is 0.416 e. The number of benzene rings is 2. The molecule has 0 saturated heterocycles. The maximum atomic E-state index is 14.1. The molecule has 1 N–H and O–H groups in total. The third kappa shape index (κ3) is 3.89. The van der Waals surface area contributed by atoms with Gasteiger partial charge in [-0.15, -0.1) is 0 Å². The van der Waals surface area contributed by atoms with Gasteiger partial charge >= 0.3 is 6.18 Å². The van der Waals surface area contributed by atoms with Gasteiger partial charge in [-0.3, -0.25) is 4.79 Å². The quantitative estimate of drug-likeness (QED) is 0.529. The molecule has 0 aliphatic carbocycles. The molecule has 26 heavy (non-hydrogen) atoms. The molecule has 0 fully saturated rings. The van der Waals surface area contributed by atoms with Gasteiger partial charge in [-0.1, -0.05) is 27.7 Å². The molecule has 2 aromatic carbocycles. The second-order valence-electron chi connectivity index (χ2n) is 6.83. The van der Waals surface area contributed by atoms with E-state index in [1.165, 1.54) is 12.1 Å². The van der Waals surface area contributed by atoms with Crippen LogP contribution >= 0.6 is 0 Å². The summed E-state index contributed by atoms with van der Waals surface area (Å²) in [6.07, 6.45) is -4.68. The van der Waals surface area contributed by atoms with Crippen LogP contribution < -0.4 is 0 Å². The summed E-state index contributed by atoms with van der Waals surface area (Å²) in [5.74, 6) is -2.04. The molecule has 0 radical (unpaired) electrons. The summed E-state index contributed by atoms with van der Waals surface area (Å²) < 4.78 is 52.2. The highest BCUT2D eigenvalue weighted by atomic mass is 19.4. The Morgan fingerprint density at radius 3 is 1.85 bits per heavy atom. The van der Waals surface area contributed by atoms with E-state index in [1.54, 1.807) is 0 Å². The van der Waals surface area contributed by atoms with Crippen LogP contribution in [-0.4, -0.2) is 10.9 Å². The first-order chi connectivity index (χ1) is 11.9. The number of ketones is 1. The zero-order valence-electron chi connectivity index (χ0n) is 14.9. The highest BCUT2D eigenvalue weighted by Crippen LogP contribution is 2.36. The highest BCUT2D eigenvalue weighted by Gasteiger charge is 2.32. The zero-order chi connectivity index (χ0) is 19.8. The van der Waals surface area contributed by atoms with Crippen molar-refractivity contribution < 1.29 is 27.5 Å². The number of hydrogen-bond acceptors (Lipinski definition) is 2. The molecule has 0 aromatic heterocycles. The van der Waals surface area contributed by atoms with Crippen LogP contribution in [0, 0.1) is 5.82 Å². The second kappa shape index (κ2) is 7.09. The van der Waals surface area contributed by atoms with Crippen molar-refractivity contribution in [3.63, 3.8) is 0 Å². The van der Waals surface area contributed by atoms with Gasteiger partial charge in [0, 0.05) is 5.56 Å². The fraction of sp³-hybridized carbons (Fsp3) is 0.350. The lowest BCUT2D eigenvalue weighted by Crippen LogP contribution is -2.10. The molecule has 0 saturated carbocycles. The lowest BCUT2D eigenvalue weighted by atomic mass is 9.89. The standard InChI is InChI=1S/C20H20F4O2/c1-10(2)15-7-12(8-16(11(3)4)19(15)26)18(25)14-6-5-13(9-17(14)21)20(22,23)24/h5-11,26H,1-4H3. The Balaban J connectivity index is 2.57. The van der Waals surface area contributed by atoms with E-state index in [-0.39, 0.29) is 23.1 Å². The highest BCUT2D eigenvalue weighted by molar-refractivity contribution is 6.09. The largest absolute Gasteiger partial charge is 0.507 e. The summed E-state index contributed by atoms with van der Waals surface area (Å²) in [5, 5.41) is 10.4. The molecule has 140 valence electrons. The van der Waals surface area contributed by atoms with Crippen molar-refractivity contribution >= 4 is 5.78 Å². The number of halogens is 4. The van der Waals surface area contributed by atoms with Crippen molar-refractivity contribution in [2.24, 2.45) is 0 Å². The van der Waals surface area contributed by atoms with Gasteiger partial charge in [-0.25, -0.2) is 4.39 Å². The minimum atomic E-state index is -4.68. The number of phenols is 1. The van der Waals surface area contributed by atoms with Crippen LogP contribution in [0.5, 0.6) is 5.75 Å². The Hall–Kier alpha value is -2.37. The van der Waals surface area contributed by atoms with Gasteiger partial charge in [0.25, 0.3) is 0 Å². The second-order valence-corrected chi connectivity index (χ2v) is 6.83. The molecular weight excluding hydrogens is 348 g/mol. The van der Waals surface area contributed by atoms with Crippen LogP contribution in [0.4, 0.5) is 17.6 Å².